The number of nitrogens with zero attached hydrogens (tertiary/aromatic N) is 1. The Labute approximate surface area is 222 Å². The van der Waals surface area contributed by atoms with Gasteiger partial charge in [-0.1, -0.05) is 38.8 Å². The van der Waals surface area contributed by atoms with Gasteiger partial charge in [-0.25, -0.2) is 9.59 Å². The van der Waals surface area contributed by atoms with E-state index in [0.29, 0.717) is 17.7 Å². The van der Waals surface area contributed by atoms with Crippen molar-refractivity contribution in [2.75, 3.05) is 26.4 Å². The Hall–Kier alpha value is -4.19. The Morgan fingerprint density at radius 1 is 0.711 bits per heavy atom. The lowest BCUT2D eigenvalue weighted by Crippen LogP contribution is -2.18. The fourth-order valence-electron chi connectivity index (χ4n) is 3.18. The van der Waals surface area contributed by atoms with Crippen LogP contribution < -0.4 is 9.47 Å². The van der Waals surface area contributed by atoms with E-state index < -0.39 is 18.5 Å². The summed E-state index contributed by atoms with van der Waals surface area (Å²) in [5.41, 5.74) is 1.11. The number of rotatable bonds is 17. The van der Waals surface area contributed by atoms with Gasteiger partial charge in [0.15, 0.2) is 36.3 Å². The van der Waals surface area contributed by atoms with Crippen LogP contribution in [0.15, 0.2) is 42.5 Å². The van der Waals surface area contributed by atoms with E-state index in [1.54, 1.807) is 24.3 Å². The number of esters is 2. The molecule has 0 heterocycles. The summed E-state index contributed by atoms with van der Waals surface area (Å²) in [6.07, 6.45) is 3.15. The summed E-state index contributed by atoms with van der Waals surface area (Å²) in [4.78, 5) is 49.2. The maximum absolute atomic E-state index is 12.8. The third-order valence-electron chi connectivity index (χ3n) is 5.39. The molecule has 2 rings (SSSR count). The molecule has 0 saturated heterocycles. The molecule has 0 aliphatic carbocycles. The predicted octanol–water partition coefficient (Wildman–Crippen LogP) is 4.85. The summed E-state index contributed by atoms with van der Waals surface area (Å²) >= 11 is 0. The summed E-state index contributed by atoms with van der Waals surface area (Å²) in [7, 11) is 0. The van der Waals surface area contributed by atoms with Crippen molar-refractivity contribution in [2.45, 2.75) is 52.4 Å². The molecular formula is C29H33NO8. The Bertz CT molecular complexity index is 1130. The van der Waals surface area contributed by atoms with Crippen LogP contribution in [0.2, 0.25) is 0 Å². The number of nitriles is 1. The first kappa shape index (κ1) is 30.0. The quantitative estimate of drug-likeness (QED) is 0.162. The van der Waals surface area contributed by atoms with Gasteiger partial charge in [0.2, 0.25) is 0 Å². The van der Waals surface area contributed by atoms with Gasteiger partial charge in [0.25, 0.3) is 0 Å². The average molecular weight is 524 g/mol. The van der Waals surface area contributed by atoms with Crippen LogP contribution in [0.4, 0.5) is 0 Å². The second-order valence-corrected chi connectivity index (χ2v) is 8.42. The lowest BCUT2D eigenvalue weighted by Gasteiger charge is -2.14. The molecule has 202 valence electrons. The van der Waals surface area contributed by atoms with Crippen molar-refractivity contribution in [1.82, 2.24) is 0 Å². The third kappa shape index (κ3) is 10.4. The Kier molecular flexibility index (Phi) is 13.1. The number of carbonyl (C=O) groups excluding carboxylic acids is 4. The van der Waals surface area contributed by atoms with Crippen molar-refractivity contribution in [3.63, 3.8) is 0 Å². The van der Waals surface area contributed by atoms with Crippen LogP contribution in [-0.4, -0.2) is 49.9 Å². The largest absolute Gasteiger partial charge is 0.478 e. The van der Waals surface area contributed by atoms with Gasteiger partial charge in [0.1, 0.15) is 0 Å². The van der Waals surface area contributed by atoms with Crippen molar-refractivity contribution in [3.05, 3.63) is 59.2 Å². The summed E-state index contributed by atoms with van der Waals surface area (Å²) in [5, 5.41) is 8.89. The SMILES string of the molecule is CCCCOC(=O)COc1ccc(C(=O)CCC(=O)c2ccc(C#N)cc2)cc1OCC(=O)OCCCC. The molecule has 38 heavy (non-hydrogen) atoms. The second-order valence-electron chi connectivity index (χ2n) is 8.42. The van der Waals surface area contributed by atoms with E-state index in [9.17, 15) is 19.2 Å². The van der Waals surface area contributed by atoms with Crippen molar-refractivity contribution < 1.29 is 38.1 Å². The van der Waals surface area contributed by atoms with E-state index >= 15 is 0 Å². The maximum atomic E-state index is 12.8. The molecule has 0 radical (unpaired) electrons. The van der Waals surface area contributed by atoms with Crippen molar-refractivity contribution in [2.24, 2.45) is 0 Å². The van der Waals surface area contributed by atoms with Crippen LogP contribution in [0.5, 0.6) is 11.5 Å². The predicted molar refractivity (Wildman–Crippen MR) is 138 cm³/mol. The number of hydrogen-bond donors (Lipinski definition) is 0. The average Bonchev–Trinajstić information content (AvgIpc) is 2.94. The molecule has 0 saturated carbocycles. The van der Waals surface area contributed by atoms with Gasteiger partial charge < -0.3 is 18.9 Å². The van der Waals surface area contributed by atoms with E-state index in [2.05, 4.69) is 0 Å². The number of unbranched alkanes of at least 4 members (excludes halogenated alkanes) is 2. The smallest absolute Gasteiger partial charge is 0.344 e. The molecule has 0 fully saturated rings. The minimum Gasteiger partial charge on any atom is -0.478 e. The van der Waals surface area contributed by atoms with Crippen LogP contribution in [0.3, 0.4) is 0 Å². The van der Waals surface area contributed by atoms with Gasteiger partial charge in [0, 0.05) is 24.0 Å². The molecular weight excluding hydrogens is 490 g/mol. The molecule has 9 nitrogen and oxygen atoms in total. The number of ketones is 2. The Morgan fingerprint density at radius 2 is 1.21 bits per heavy atom. The lowest BCUT2D eigenvalue weighted by molar-refractivity contribution is -0.147. The molecule has 0 aromatic heterocycles. The monoisotopic (exact) mass is 523 g/mol. The number of benzene rings is 2. The molecule has 0 amide bonds. The molecule has 0 N–H and O–H groups in total. The van der Waals surface area contributed by atoms with Crippen molar-refractivity contribution in [1.29, 1.82) is 5.26 Å². The van der Waals surface area contributed by atoms with Gasteiger partial charge in [-0.05, 0) is 43.2 Å². The van der Waals surface area contributed by atoms with E-state index in [4.69, 9.17) is 24.2 Å². The highest BCUT2D eigenvalue weighted by atomic mass is 16.6. The van der Waals surface area contributed by atoms with Gasteiger partial charge >= 0.3 is 11.9 Å². The fraction of sp³-hybridized carbons (Fsp3) is 0.414. The normalized spacial score (nSPS) is 10.2. The van der Waals surface area contributed by atoms with Gasteiger partial charge in [-0.15, -0.1) is 0 Å². The van der Waals surface area contributed by atoms with E-state index in [0.717, 1.165) is 25.7 Å². The zero-order chi connectivity index (χ0) is 27.8. The summed E-state index contributed by atoms with van der Waals surface area (Å²) < 4.78 is 21.3. The fourth-order valence-corrected chi connectivity index (χ4v) is 3.18. The maximum Gasteiger partial charge on any atom is 0.344 e. The number of Topliss-reactive ketones (excluding diaryl/α,β-unsaturated/α-hetero) is 2. The van der Waals surface area contributed by atoms with E-state index in [-0.39, 0.29) is 54.7 Å². The number of hydrogen-bond acceptors (Lipinski definition) is 9. The first-order valence-electron chi connectivity index (χ1n) is 12.6. The second kappa shape index (κ2) is 16.5. The first-order valence-corrected chi connectivity index (χ1v) is 12.6. The van der Waals surface area contributed by atoms with Crippen molar-refractivity contribution in [3.8, 4) is 17.6 Å². The highest BCUT2D eigenvalue weighted by Crippen LogP contribution is 2.29. The van der Waals surface area contributed by atoms with Crippen LogP contribution in [0.25, 0.3) is 0 Å². The zero-order valence-electron chi connectivity index (χ0n) is 21.8. The molecule has 0 atom stereocenters. The van der Waals surface area contributed by atoms with Crippen LogP contribution in [0, 0.1) is 11.3 Å². The van der Waals surface area contributed by atoms with E-state index in [1.807, 2.05) is 19.9 Å². The Balaban J connectivity index is 2.06. The minimum atomic E-state index is -0.576. The standard InChI is InChI=1S/C29H33NO8/c1-3-5-15-35-28(33)19-37-26-14-11-23(17-27(26)38-20-29(34)36-16-6-4-2)25(32)13-12-24(31)22-9-7-21(18-30)8-10-22/h7-11,14,17H,3-6,12-13,15-16,19-20H2,1-2H3. The summed E-state index contributed by atoms with van der Waals surface area (Å²) in [6.45, 7) is 3.75. The van der Waals surface area contributed by atoms with Crippen LogP contribution >= 0.6 is 0 Å². The molecule has 9 heteroatoms. The summed E-state index contributed by atoms with van der Waals surface area (Å²) in [6, 6.07) is 12.6. The lowest BCUT2D eigenvalue weighted by atomic mass is 10.0. The topological polar surface area (TPSA) is 129 Å². The van der Waals surface area contributed by atoms with Crippen molar-refractivity contribution >= 4 is 23.5 Å². The van der Waals surface area contributed by atoms with Gasteiger partial charge in [-0.3, -0.25) is 9.59 Å². The van der Waals surface area contributed by atoms with E-state index in [1.165, 1.54) is 18.2 Å². The first-order chi connectivity index (χ1) is 18.4. The molecule has 0 unspecified atom stereocenters. The van der Waals surface area contributed by atoms with Gasteiger partial charge in [-0.2, -0.15) is 5.26 Å². The minimum absolute atomic E-state index is 0.0213. The highest BCUT2D eigenvalue weighted by molar-refractivity contribution is 6.02. The number of ether oxygens (including phenoxy) is 4. The molecule has 0 aliphatic rings. The molecule has 0 aliphatic heterocycles. The zero-order valence-corrected chi connectivity index (χ0v) is 21.8. The molecule has 2 aromatic carbocycles. The molecule has 0 bridgehead atoms. The number of carbonyl (C=O) groups is 4. The van der Waals surface area contributed by atoms with Crippen LogP contribution in [0.1, 0.15) is 78.7 Å². The van der Waals surface area contributed by atoms with Crippen LogP contribution in [-0.2, 0) is 19.1 Å². The third-order valence-corrected chi connectivity index (χ3v) is 5.39. The van der Waals surface area contributed by atoms with Gasteiger partial charge in [0.05, 0.1) is 24.8 Å². The summed E-state index contributed by atoms with van der Waals surface area (Å²) in [5.74, 6) is -1.42. The highest BCUT2D eigenvalue weighted by Gasteiger charge is 2.17. The molecule has 0 spiro atoms. The molecule has 2 aromatic rings. The Morgan fingerprint density at radius 3 is 1.74 bits per heavy atom.